The number of fused-ring (bicyclic) bond motifs is 1. The summed E-state index contributed by atoms with van der Waals surface area (Å²) < 4.78 is 1.07. The maximum atomic E-state index is 12.5. The minimum atomic E-state index is 0.0109. The first kappa shape index (κ1) is 14.7. The molecule has 0 atom stereocenters. The Hall–Kier alpha value is -1.20. The molecule has 0 bridgehead atoms. The summed E-state index contributed by atoms with van der Waals surface area (Å²) in [7, 11) is 1.73. The zero-order chi connectivity index (χ0) is 15.3. The Morgan fingerprint density at radius 2 is 1.62 bits per heavy atom. The Labute approximate surface area is 133 Å². The summed E-state index contributed by atoms with van der Waals surface area (Å²) in [5.41, 5.74) is 4.23. The van der Waals surface area contributed by atoms with Crippen molar-refractivity contribution in [3.8, 4) is 0 Å². The lowest BCUT2D eigenvalue weighted by molar-refractivity contribution is -0.124. The third-order valence-corrected chi connectivity index (χ3v) is 6.54. The molecule has 0 N–H and O–H groups in total. The fourth-order valence-corrected chi connectivity index (χ4v) is 5.29. The van der Waals surface area contributed by atoms with Crippen LogP contribution in [0.5, 0.6) is 0 Å². The molecule has 3 nitrogen and oxygen atoms in total. The molecule has 0 saturated heterocycles. The molecule has 21 heavy (non-hydrogen) atoms. The zero-order valence-corrected chi connectivity index (χ0v) is 14.5. The monoisotopic (exact) mass is 318 g/mol. The largest absolute Gasteiger partial charge is 0.277 e. The van der Waals surface area contributed by atoms with E-state index in [1.807, 2.05) is 0 Å². The van der Waals surface area contributed by atoms with Crippen molar-refractivity contribution in [2.75, 3.05) is 7.05 Å². The first-order valence-electron chi connectivity index (χ1n) is 6.97. The predicted octanol–water partition coefficient (Wildman–Crippen LogP) is 4.20. The van der Waals surface area contributed by atoms with E-state index in [1.54, 1.807) is 30.6 Å². The highest BCUT2D eigenvalue weighted by molar-refractivity contribution is 8.24. The first-order valence-corrected chi connectivity index (χ1v) is 8.60. The van der Waals surface area contributed by atoms with Crippen LogP contribution >= 0.6 is 23.5 Å². The quantitative estimate of drug-likeness (QED) is 0.728. The summed E-state index contributed by atoms with van der Waals surface area (Å²) in [6, 6.07) is 4.30. The number of carbonyl (C=O) groups excluding carboxylic acids is 1. The van der Waals surface area contributed by atoms with Gasteiger partial charge in [0.25, 0.3) is 5.91 Å². The lowest BCUT2D eigenvalue weighted by atomic mass is 10.0. The summed E-state index contributed by atoms with van der Waals surface area (Å²) in [6.07, 6.45) is 0. The van der Waals surface area contributed by atoms with Crippen molar-refractivity contribution < 1.29 is 4.79 Å². The molecule has 0 radical (unpaired) electrons. The van der Waals surface area contributed by atoms with Crippen LogP contribution in [-0.4, -0.2) is 23.7 Å². The van der Waals surface area contributed by atoms with Crippen LogP contribution in [0.15, 0.2) is 36.8 Å². The molecule has 1 amide bonds. The average molecular weight is 318 g/mol. The molecule has 0 saturated carbocycles. The van der Waals surface area contributed by atoms with Crippen molar-refractivity contribution in [2.24, 2.45) is 11.0 Å². The van der Waals surface area contributed by atoms with E-state index in [0.29, 0.717) is 0 Å². The predicted molar refractivity (Wildman–Crippen MR) is 89.7 cm³/mol. The lowest BCUT2D eigenvalue weighted by Gasteiger charge is -2.07. The molecule has 2 aliphatic heterocycles. The standard InChI is InChI=1S/C16H18N2OS2/c1-8(2)12-11(15(19)18(5)17-12)16-20-13-9(3)6-7-10(4)14(13)21-16/h6-8H,1-5H3. The van der Waals surface area contributed by atoms with Crippen LogP contribution in [0.25, 0.3) is 0 Å². The van der Waals surface area contributed by atoms with Crippen LogP contribution in [0.4, 0.5) is 0 Å². The molecule has 1 aromatic rings. The highest BCUT2D eigenvalue weighted by Gasteiger charge is 2.35. The summed E-state index contributed by atoms with van der Waals surface area (Å²) in [5.74, 6) is 0.255. The number of carbonyl (C=O) groups is 1. The summed E-state index contributed by atoms with van der Waals surface area (Å²) >= 11 is 3.43. The number of nitrogens with zero attached hydrogens (tertiary/aromatic N) is 2. The molecule has 3 rings (SSSR count). The van der Waals surface area contributed by atoms with Crippen LogP contribution in [0.3, 0.4) is 0 Å². The van der Waals surface area contributed by atoms with Gasteiger partial charge in [-0.15, -0.1) is 0 Å². The number of hydrogen-bond acceptors (Lipinski definition) is 4. The summed E-state index contributed by atoms with van der Waals surface area (Å²) in [6.45, 7) is 8.42. The minimum Gasteiger partial charge on any atom is -0.267 e. The van der Waals surface area contributed by atoms with Crippen molar-refractivity contribution >= 4 is 35.1 Å². The highest BCUT2D eigenvalue weighted by Crippen LogP contribution is 2.55. The molecular formula is C16H18N2OS2. The van der Waals surface area contributed by atoms with Crippen molar-refractivity contribution in [2.45, 2.75) is 37.5 Å². The zero-order valence-electron chi connectivity index (χ0n) is 12.9. The molecule has 0 unspecified atom stereocenters. The summed E-state index contributed by atoms with van der Waals surface area (Å²) in [4.78, 5) is 15.0. The van der Waals surface area contributed by atoms with Gasteiger partial charge < -0.3 is 0 Å². The molecule has 1 aromatic carbocycles. The average Bonchev–Trinajstić information content (AvgIpc) is 2.98. The molecule has 0 aromatic heterocycles. The van der Waals surface area contributed by atoms with Gasteiger partial charge in [0.1, 0.15) is 0 Å². The van der Waals surface area contributed by atoms with Gasteiger partial charge in [-0.1, -0.05) is 49.5 Å². The Balaban J connectivity index is 2.10. The number of benzene rings is 1. The smallest absolute Gasteiger partial charge is 0.267 e. The molecule has 0 aliphatic carbocycles. The van der Waals surface area contributed by atoms with Crippen molar-refractivity contribution in [1.82, 2.24) is 5.01 Å². The van der Waals surface area contributed by atoms with E-state index in [-0.39, 0.29) is 11.8 Å². The first-order chi connectivity index (χ1) is 9.90. The second-order valence-corrected chi connectivity index (χ2v) is 7.99. The molecule has 0 spiro atoms. The van der Waals surface area contributed by atoms with Gasteiger partial charge in [0.05, 0.1) is 15.5 Å². The normalized spacial score (nSPS) is 17.9. The lowest BCUT2D eigenvalue weighted by Crippen LogP contribution is -2.18. The molecule has 2 heterocycles. The van der Waals surface area contributed by atoms with E-state index in [0.717, 1.165) is 15.5 Å². The maximum absolute atomic E-state index is 12.5. The fraction of sp³-hybridized carbons (Fsp3) is 0.375. The van der Waals surface area contributed by atoms with E-state index < -0.39 is 0 Å². The van der Waals surface area contributed by atoms with Gasteiger partial charge in [0.2, 0.25) is 0 Å². The fourth-order valence-electron chi connectivity index (χ4n) is 2.45. The van der Waals surface area contributed by atoms with Crippen LogP contribution in [0.2, 0.25) is 0 Å². The van der Waals surface area contributed by atoms with Crippen LogP contribution in [0, 0.1) is 19.8 Å². The van der Waals surface area contributed by atoms with Crippen LogP contribution < -0.4 is 0 Å². The van der Waals surface area contributed by atoms with Gasteiger partial charge in [-0.25, -0.2) is 5.01 Å². The van der Waals surface area contributed by atoms with Gasteiger partial charge in [-0.3, -0.25) is 4.79 Å². The van der Waals surface area contributed by atoms with Crippen molar-refractivity contribution in [3.05, 3.63) is 33.1 Å². The number of hydrazone groups is 1. The van der Waals surface area contributed by atoms with E-state index in [1.165, 1.54) is 25.9 Å². The second kappa shape index (κ2) is 5.21. The van der Waals surface area contributed by atoms with Gasteiger partial charge in [0.15, 0.2) is 0 Å². The van der Waals surface area contributed by atoms with E-state index in [9.17, 15) is 4.79 Å². The number of rotatable bonds is 1. The van der Waals surface area contributed by atoms with Gasteiger partial charge >= 0.3 is 0 Å². The third kappa shape index (κ3) is 2.32. The molecule has 5 heteroatoms. The van der Waals surface area contributed by atoms with Crippen molar-refractivity contribution in [3.63, 3.8) is 0 Å². The van der Waals surface area contributed by atoms with Gasteiger partial charge in [-0.2, -0.15) is 5.10 Å². The summed E-state index contributed by atoms with van der Waals surface area (Å²) in [5, 5.41) is 5.88. The number of aryl methyl sites for hydroxylation is 2. The third-order valence-electron chi connectivity index (χ3n) is 3.67. The van der Waals surface area contributed by atoms with Gasteiger partial charge in [-0.05, 0) is 30.9 Å². The number of likely N-dealkylation sites (N-methyl/N-ethyl adjacent to an activating group) is 1. The second-order valence-electron chi connectivity index (χ2n) is 5.69. The van der Waals surface area contributed by atoms with Crippen LogP contribution in [-0.2, 0) is 4.79 Å². The maximum Gasteiger partial charge on any atom is 0.277 e. The number of amides is 1. The topological polar surface area (TPSA) is 32.7 Å². The molecule has 110 valence electrons. The molecule has 2 aliphatic rings. The van der Waals surface area contributed by atoms with E-state index in [2.05, 4.69) is 44.9 Å². The van der Waals surface area contributed by atoms with E-state index in [4.69, 9.17) is 0 Å². The number of thioether (sulfide) groups is 2. The Morgan fingerprint density at radius 3 is 2.10 bits per heavy atom. The van der Waals surface area contributed by atoms with Crippen LogP contribution in [0.1, 0.15) is 25.0 Å². The Bertz CT molecular complexity index is 671. The highest BCUT2D eigenvalue weighted by atomic mass is 32.2. The van der Waals surface area contributed by atoms with Crippen molar-refractivity contribution in [1.29, 1.82) is 0 Å². The van der Waals surface area contributed by atoms with E-state index >= 15 is 0 Å². The van der Waals surface area contributed by atoms with Gasteiger partial charge in [0, 0.05) is 16.8 Å². The molecule has 0 fully saturated rings. The number of hydrogen-bond donors (Lipinski definition) is 0. The minimum absolute atomic E-state index is 0.0109. The Morgan fingerprint density at radius 1 is 1.10 bits per heavy atom. The SMILES string of the molecule is Cc1ccc(C)c2c1SC(=C1C(=O)N(C)N=C1C(C)C)S2. The molecular weight excluding hydrogens is 300 g/mol. The Kier molecular flexibility index (Phi) is 3.66.